The second-order valence-electron chi connectivity index (χ2n) is 4.78. The average Bonchev–Trinajstić information content (AvgIpc) is 2.68. The molecule has 0 radical (unpaired) electrons. The summed E-state index contributed by atoms with van der Waals surface area (Å²) in [6.45, 7) is 1.80. The molecule has 3 aliphatic rings. The number of allylic oxidation sites excluding steroid dienone is 2. The van der Waals surface area contributed by atoms with Gasteiger partial charge in [0.15, 0.2) is 0 Å². The zero-order valence-corrected chi connectivity index (χ0v) is 10.5. The maximum atomic E-state index is 11.6. The number of hydrogen-bond acceptors (Lipinski definition) is 3. The molecular formula is C10H7Cl3O3. The summed E-state index contributed by atoms with van der Waals surface area (Å²) in [5.74, 6) is -2.41. The van der Waals surface area contributed by atoms with Crippen LogP contribution in [0.1, 0.15) is 13.3 Å². The third-order valence-electron chi connectivity index (χ3n) is 3.91. The molecule has 2 fully saturated rings. The summed E-state index contributed by atoms with van der Waals surface area (Å²) >= 11 is 18.5. The minimum Gasteiger partial charge on any atom is -0.393 e. The Labute approximate surface area is 107 Å². The van der Waals surface area contributed by atoms with E-state index in [1.54, 1.807) is 6.92 Å². The fourth-order valence-corrected chi connectivity index (χ4v) is 4.58. The van der Waals surface area contributed by atoms with Crippen molar-refractivity contribution in [1.29, 1.82) is 0 Å². The largest absolute Gasteiger partial charge is 0.393 e. The van der Waals surface area contributed by atoms with Gasteiger partial charge < -0.3 is 4.74 Å². The summed E-state index contributed by atoms with van der Waals surface area (Å²) in [5, 5.41) is 0.670. The van der Waals surface area contributed by atoms with E-state index in [2.05, 4.69) is 4.74 Å². The third kappa shape index (κ3) is 0.903. The highest BCUT2D eigenvalue weighted by atomic mass is 35.5. The van der Waals surface area contributed by atoms with E-state index < -0.39 is 34.1 Å². The molecule has 0 N–H and O–H groups in total. The van der Waals surface area contributed by atoms with Gasteiger partial charge in [-0.15, -0.1) is 11.6 Å². The highest BCUT2D eigenvalue weighted by Gasteiger charge is 2.74. The molecule has 2 aliphatic carbocycles. The Morgan fingerprint density at radius 2 is 1.75 bits per heavy atom. The highest BCUT2D eigenvalue weighted by molar-refractivity contribution is 6.47. The maximum absolute atomic E-state index is 11.6. The predicted octanol–water partition coefficient (Wildman–Crippen LogP) is 2.39. The van der Waals surface area contributed by atoms with Gasteiger partial charge in [-0.05, 0) is 6.42 Å². The molecule has 0 amide bonds. The molecular weight excluding hydrogens is 274 g/mol. The van der Waals surface area contributed by atoms with Crippen molar-refractivity contribution in [3.63, 3.8) is 0 Å². The number of fused-ring (bicyclic) bond motifs is 5. The first-order valence-corrected chi connectivity index (χ1v) is 5.96. The molecule has 4 atom stereocenters. The Hall–Kier alpha value is -0.250. The van der Waals surface area contributed by atoms with Gasteiger partial charge in [-0.25, -0.2) is 0 Å². The smallest absolute Gasteiger partial charge is 0.319 e. The maximum Gasteiger partial charge on any atom is 0.319 e. The van der Waals surface area contributed by atoms with Crippen LogP contribution in [0, 0.1) is 17.3 Å². The lowest BCUT2D eigenvalue weighted by Crippen LogP contribution is -2.36. The van der Waals surface area contributed by atoms with Gasteiger partial charge in [-0.2, -0.15) is 0 Å². The van der Waals surface area contributed by atoms with Crippen molar-refractivity contribution in [3.8, 4) is 0 Å². The number of carbonyl (C=O) groups excluding carboxylic acids is 2. The molecule has 3 nitrogen and oxygen atoms in total. The summed E-state index contributed by atoms with van der Waals surface area (Å²) < 4.78 is 4.63. The SMILES string of the molecule is CC12CC(Cl)(C(Cl)=C1Cl)C1C(=O)OC(=O)C12. The fraction of sp³-hybridized carbons (Fsp3) is 0.600. The quantitative estimate of drug-likeness (QED) is 0.389. The van der Waals surface area contributed by atoms with Crippen molar-refractivity contribution < 1.29 is 14.3 Å². The number of hydrogen-bond donors (Lipinski definition) is 0. The number of halogens is 3. The minimum atomic E-state index is -1.05. The van der Waals surface area contributed by atoms with E-state index in [0.717, 1.165) is 0 Å². The van der Waals surface area contributed by atoms with Gasteiger partial charge in [0.05, 0.1) is 21.7 Å². The van der Waals surface area contributed by atoms with Gasteiger partial charge in [0.25, 0.3) is 0 Å². The monoisotopic (exact) mass is 280 g/mol. The van der Waals surface area contributed by atoms with E-state index in [-0.39, 0.29) is 5.03 Å². The summed E-state index contributed by atoms with van der Waals surface area (Å²) in [6, 6.07) is 0. The molecule has 1 saturated carbocycles. The van der Waals surface area contributed by atoms with E-state index in [0.29, 0.717) is 11.5 Å². The molecule has 3 rings (SSSR count). The Morgan fingerprint density at radius 1 is 1.19 bits per heavy atom. The van der Waals surface area contributed by atoms with Crippen LogP contribution in [0.4, 0.5) is 0 Å². The number of alkyl halides is 1. The highest BCUT2D eigenvalue weighted by Crippen LogP contribution is 2.71. The lowest BCUT2D eigenvalue weighted by molar-refractivity contribution is -0.155. The molecule has 86 valence electrons. The molecule has 1 saturated heterocycles. The van der Waals surface area contributed by atoms with Crippen LogP contribution in [-0.4, -0.2) is 16.8 Å². The summed E-state index contributed by atoms with van der Waals surface area (Å²) in [7, 11) is 0. The standard InChI is InChI=1S/C10H7Cl3O3/c1-9-2-10(13,6(12)5(9)11)4-3(9)7(14)16-8(4)15/h3-4H,2H2,1H3. The van der Waals surface area contributed by atoms with E-state index >= 15 is 0 Å². The van der Waals surface area contributed by atoms with Gasteiger partial charge in [-0.1, -0.05) is 30.1 Å². The van der Waals surface area contributed by atoms with Crippen LogP contribution >= 0.6 is 34.8 Å². The van der Waals surface area contributed by atoms with Crippen molar-refractivity contribution in [2.24, 2.45) is 17.3 Å². The lowest BCUT2D eigenvalue weighted by atomic mass is 9.76. The fourth-order valence-electron chi connectivity index (χ4n) is 3.19. The van der Waals surface area contributed by atoms with Crippen LogP contribution in [0.2, 0.25) is 0 Å². The summed E-state index contributed by atoms with van der Waals surface area (Å²) in [5.41, 5.74) is -0.658. The first-order valence-electron chi connectivity index (χ1n) is 4.83. The Bertz CT molecular complexity index is 432. The van der Waals surface area contributed by atoms with Crippen molar-refractivity contribution in [1.82, 2.24) is 0 Å². The topological polar surface area (TPSA) is 43.4 Å². The number of carbonyl (C=O) groups is 2. The minimum absolute atomic E-state index is 0.284. The molecule has 0 spiro atoms. The zero-order chi connectivity index (χ0) is 11.9. The van der Waals surface area contributed by atoms with Crippen molar-refractivity contribution in [2.75, 3.05) is 0 Å². The third-order valence-corrected chi connectivity index (χ3v) is 5.80. The van der Waals surface area contributed by atoms with Gasteiger partial charge in [0.1, 0.15) is 0 Å². The van der Waals surface area contributed by atoms with Crippen molar-refractivity contribution in [3.05, 3.63) is 10.1 Å². The first kappa shape index (κ1) is 10.9. The second-order valence-corrected chi connectivity index (χ2v) is 6.21. The zero-order valence-electron chi connectivity index (χ0n) is 8.22. The first-order chi connectivity index (χ1) is 7.32. The number of cyclic esters (lactones) is 2. The van der Waals surface area contributed by atoms with Gasteiger partial charge in [0.2, 0.25) is 0 Å². The Morgan fingerprint density at radius 3 is 2.38 bits per heavy atom. The molecule has 0 aromatic heterocycles. The van der Waals surface area contributed by atoms with E-state index in [9.17, 15) is 9.59 Å². The van der Waals surface area contributed by atoms with Gasteiger partial charge in [0, 0.05) is 10.4 Å². The molecule has 6 heteroatoms. The molecule has 1 heterocycles. The van der Waals surface area contributed by atoms with Gasteiger partial charge >= 0.3 is 11.9 Å². The van der Waals surface area contributed by atoms with Gasteiger partial charge in [-0.3, -0.25) is 9.59 Å². The number of rotatable bonds is 0. The Balaban J connectivity index is 2.25. The van der Waals surface area contributed by atoms with E-state index in [1.807, 2.05) is 0 Å². The van der Waals surface area contributed by atoms with Crippen LogP contribution in [0.3, 0.4) is 0 Å². The van der Waals surface area contributed by atoms with Crippen LogP contribution in [0.25, 0.3) is 0 Å². The second kappa shape index (κ2) is 2.77. The summed E-state index contributed by atoms with van der Waals surface area (Å²) in [4.78, 5) is 22.2. The van der Waals surface area contributed by atoms with Crippen LogP contribution < -0.4 is 0 Å². The Kier molecular flexibility index (Phi) is 1.88. The predicted molar refractivity (Wildman–Crippen MR) is 58.1 cm³/mol. The lowest BCUT2D eigenvalue weighted by Gasteiger charge is -2.29. The molecule has 0 aromatic rings. The normalized spacial score (nSPS) is 50.0. The van der Waals surface area contributed by atoms with Crippen LogP contribution in [0.5, 0.6) is 0 Å². The van der Waals surface area contributed by atoms with Crippen molar-refractivity contribution >= 4 is 46.7 Å². The molecule has 1 aliphatic heterocycles. The number of esters is 2. The number of ether oxygens (including phenoxy) is 1. The summed E-state index contributed by atoms with van der Waals surface area (Å²) in [6.07, 6.45) is 0.412. The molecule has 16 heavy (non-hydrogen) atoms. The average molecular weight is 282 g/mol. The van der Waals surface area contributed by atoms with E-state index in [1.165, 1.54) is 0 Å². The molecule has 4 unspecified atom stereocenters. The van der Waals surface area contributed by atoms with Crippen LogP contribution in [-0.2, 0) is 14.3 Å². The van der Waals surface area contributed by atoms with Crippen molar-refractivity contribution in [2.45, 2.75) is 18.2 Å². The molecule has 0 aromatic carbocycles. The van der Waals surface area contributed by atoms with E-state index in [4.69, 9.17) is 34.8 Å². The molecule has 2 bridgehead atoms. The van der Waals surface area contributed by atoms with Crippen LogP contribution in [0.15, 0.2) is 10.1 Å².